The lowest BCUT2D eigenvalue weighted by Crippen LogP contribution is -2.46. The van der Waals surface area contributed by atoms with Crippen LogP contribution >= 0.6 is 11.6 Å². The lowest BCUT2D eigenvalue weighted by Gasteiger charge is -2.36. The Morgan fingerprint density at radius 3 is 2.63 bits per heavy atom. The van der Waals surface area contributed by atoms with Gasteiger partial charge in [0.25, 0.3) is 5.91 Å². The Kier molecular flexibility index (Phi) is 6.84. The predicted molar refractivity (Wildman–Crippen MR) is 107 cm³/mol. The summed E-state index contributed by atoms with van der Waals surface area (Å²) in [7, 11) is 1.64. The van der Waals surface area contributed by atoms with Crippen LogP contribution in [0, 0.1) is 0 Å². The number of piperazine rings is 1. The molecule has 27 heavy (non-hydrogen) atoms. The van der Waals surface area contributed by atoms with Gasteiger partial charge in [0.05, 0.1) is 12.4 Å². The molecule has 0 unspecified atom stereocenters. The molecule has 2 heterocycles. The molecule has 0 saturated carbocycles. The first-order chi connectivity index (χ1) is 13.2. The molecule has 1 N–H and O–H groups in total. The molecule has 2 aromatic rings. The van der Waals surface area contributed by atoms with Crippen molar-refractivity contribution in [2.75, 3.05) is 56.2 Å². The van der Waals surface area contributed by atoms with Crippen molar-refractivity contribution < 1.29 is 9.53 Å². The number of carbonyl (C=O) groups excluding carboxylic acids is 1. The monoisotopic (exact) mass is 389 g/mol. The third-order valence-corrected chi connectivity index (χ3v) is 4.69. The number of benzene rings is 1. The van der Waals surface area contributed by atoms with Gasteiger partial charge in [-0.2, -0.15) is 0 Å². The highest BCUT2D eigenvalue weighted by molar-refractivity contribution is 6.30. The number of hydrogen-bond acceptors (Lipinski definition) is 6. The van der Waals surface area contributed by atoms with Crippen LogP contribution in [0.4, 0.5) is 11.5 Å². The molecule has 7 nitrogen and oxygen atoms in total. The summed E-state index contributed by atoms with van der Waals surface area (Å²) < 4.78 is 4.96. The summed E-state index contributed by atoms with van der Waals surface area (Å²) in [5.41, 5.74) is 1.46. The van der Waals surface area contributed by atoms with Crippen LogP contribution in [0.25, 0.3) is 0 Å². The molecule has 0 spiro atoms. The van der Waals surface area contributed by atoms with Gasteiger partial charge in [0.15, 0.2) is 0 Å². The van der Waals surface area contributed by atoms with Crippen molar-refractivity contribution in [2.45, 2.75) is 6.42 Å². The van der Waals surface area contributed by atoms with E-state index in [1.54, 1.807) is 13.3 Å². The van der Waals surface area contributed by atoms with Gasteiger partial charge in [-0.15, -0.1) is 0 Å². The van der Waals surface area contributed by atoms with E-state index >= 15 is 0 Å². The number of nitrogens with one attached hydrogen (secondary N) is 1. The van der Waals surface area contributed by atoms with Crippen LogP contribution in [0.3, 0.4) is 0 Å². The maximum Gasteiger partial charge on any atom is 0.271 e. The summed E-state index contributed by atoms with van der Waals surface area (Å²) in [5, 5.41) is 3.56. The second kappa shape index (κ2) is 9.53. The van der Waals surface area contributed by atoms with Gasteiger partial charge in [0.1, 0.15) is 11.5 Å². The van der Waals surface area contributed by atoms with Crippen LogP contribution < -0.4 is 15.1 Å². The Bertz CT molecular complexity index is 748. The van der Waals surface area contributed by atoms with E-state index in [1.165, 1.54) is 6.20 Å². The van der Waals surface area contributed by atoms with E-state index in [4.69, 9.17) is 16.3 Å². The fourth-order valence-corrected chi connectivity index (χ4v) is 3.16. The van der Waals surface area contributed by atoms with Crippen LogP contribution in [0.15, 0.2) is 36.7 Å². The average molecular weight is 390 g/mol. The van der Waals surface area contributed by atoms with E-state index in [9.17, 15) is 4.79 Å². The molecule has 1 aromatic heterocycles. The number of ether oxygens (including phenoxy) is 1. The normalized spacial score (nSPS) is 14.3. The van der Waals surface area contributed by atoms with Gasteiger partial charge >= 0.3 is 0 Å². The van der Waals surface area contributed by atoms with E-state index in [2.05, 4.69) is 31.2 Å². The van der Waals surface area contributed by atoms with Crippen LogP contribution in [0.1, 0.15) is 16.9 Å². The van der Waals surface area contributed by atoms with E-state index < -0.39 is 0 Å². The second-order valence-electron chi connectivity index (χ2n) is 6.32. The Morgan fingerprint density at radius 2 is 1.96 bits per heavy atom. The van der Waals surface area contributed by atoms with Crippen molar-refractivity contribution in [3.05, 3.63) is 47.4 Å². The lowest BCUT2D eigenvalue weighted by molar-refractivity contribution is 0.0943. The second-order valence-corrected chi connectivity index (χ2v) is 6.75. The molecule has 0 atom stereocenters. The molecule has 1 saturated heterocycles. The first-order valence-corrected chi connectivity index (χ1v) is 9.40. The van der Waals surface area contributed by atoms with Crippen molar-refractivity contribution in [3.8, 4) is 0 Å². The molecule has 1 fully saturated rings. The highest BCUT2D eigenvalue weighted by Crippen LogP contribution is 2.22. The van der Waals surface area contributed by atoms with Crippen LogP contribution in [0.2, 0.25) is 5.02 Å². The predicted octanol–water partition coefficient (Wildman–Crippen LogP) is 2.22. The summed E-state index contributed by atoms with van der Waals surface area (Å²) in [6.07, 6.45) is 3.97. The van der Waals surface area contributed by atoms with Crippen LogP contribution in [-0.4, -0.2) is 62.3 Å². The van der Waals surface area contributed by atoms with Gasteiger partial charge in [-0.05, 0) is 24.6 Å². The molecular weight excluding hydrogens is 366 g/mol. The molecule has 1 amide bonds. The maximum absolute atomic E-state index is 12.0. The number of methoxy groups -OCH3 is 1. The molecule has 8 heteroatoms. The van der Waals surface area contributed by atoms with Crippen molar-refractivity contribution in [1.29, 1.82) is 0 Å². The molecule has 3 rings (SSSR count). The minimum absolute atomic E-state index is 0.212. The van der Waals surface area contributed by atoms with Crippen molar-refractivity contribution in [1.82, 2.24) is 15.3 Å². The summed E-state index contributed by atoms with van der Waals surface area (Å²) in [6, 6.07) is 7.90. The lowest BCUT2D eigenvalue weighted by atomic mass is 10.2. The number of hydrogen-bond donors (Lipinski definition) is 1. The molecule has 0 bridgehead atoms. The molecular formula is C19H24ClN5O2. The number of nitrogens with zero attached hydrogens (tertiary/aromatic N) is 4. The molecule has 144 valence electrons. The van der Waals surface area contributed by atoms with Crippen molar-refractivity contribution in [2.24, 2.45) is 0 Å². The third kappa shape index (κ3) is 5.30. The fraction of sp³-hybridized carbons (Fsp3) is 0.421. The van der Waals surface area contributed by atoms with Crippen molar-refractivity contribution >= 4 is 29.0 Å². The van der Waals surface area contributed by atoms with Gasteiger partial charge < -0.3 is 19.9 Å². The Balaban J connectivity index is 1.52. The number of carbonyl (C=O) groups is 1. The Morgan fingerprint density at radius 1 is 1.19 bits per heavy atom. The SMILES string of the molecule is COCCCNC(=O)c1cnc(N2CCN(c3cccc(Cl)c3)CC2)cn1. The molecule has 1 aliphatic heterocycles. The van der Waals surface area contributed by atoms with Crippen LogP contribution in [0.5, 0.6) is 0 Å². The third-order valence-electron chi connectivity index (χ3n) is 4.46. The smallest absolute Gasteiger partial charge is 0.271 e. The zero-order valence-corrected chi connectivity index (χ0v) is 16.2. The van der Waals surface area contributed by atoms with Gasteiger partial charge in [0.2, 0.25) is 0 Å². The van der Waals surface area contributed by atoms with Gasteiger partial charge in [-0.1, -0.05) is 17.7 Å². The maximum atomic E-state index is 12.0. The fourth-order valence-electron chi connectivity index (χ4n) is 2.98. The van der Waals surface area contributed by atoms with Crippen LogP contribution in [-0.2, 0) is 4.74 Å². The summed E-state index contributed by atoms with van der Waals surface area (Å²) in [5.74, 6) is 0.576. The highest BCUT2D eigenvalue weighted by Gasteiger charge is 2.19. The van der Waals surface area contributed by atoms with Gasteiger partial charge in [-0.3, -0.25) is 4.79 Å². The zero-order valence-electron chi connectivity index (χ0n) is 15.4. The number of halogens is 1. The van der Waals surface area contributed by atoms with Crippen molar-refractivity contribution in [3.63, 3.8) is 0 Å². The molecule has 1 aliphatic rings. The largest absolute Gasteiger partial charge is 0.385 e. The topological polar surface area (TPSA) is 70.6 Å². The van der Waals surface area contributed by atoms with Gasteiger partial charge in [0, 0.05) is 57.2 Å². The quantitative estimate of drug-likeness (QED) is 0.732. The number of aromatic nitrogens is 2. The van der Waals surface area contributed by atoms with E-state index in [-0.39, 0.29) is 5.91 Å². The standard InChI is InChI=1S/C19H24ClN5O2/c1-27-11-3-6-21-19(26)17-13-23-18(14-22-17)25-9-7-24(8-10-25)16-5-2-4-15(20)12-16/h2,4-5,12-14H,3,6-11H2,1H3,(H,21,26). The number of amides is 1. The summed E-state index contributed by atoms with van der Waals surface area (Å²) >= 11 is 6.08. The summed E-state index contributed by atoms with van der Waals surface area (Å²) in [6.45, 7) is 4.61. The molecule has 0 radical (unpaired) electrons. The molecule has 0 aliphatic carbocycles. The molecule has 1 aromatic carbocycles. The zero-order chi connectivity index (χ0) is 19.1. The van der Waals surface area contributed by atoms with E-state index in [0.717, 1.165) is 49.1 Å². The average Bonchev–Trinajstić information content (AvgIpc) is 2.71. The Hall–Kier alpha value is -2.38. The van der Waals surface area contributed by atoms with E-state index in [1.807, 2.05) is 18.2 Å². The Labute approximate surface area is 164 Å². The van der Waals surface area contributed by atoms with E-state index in [0.29, 0.717) is 18.8 Å². The first-order valence-electron chi connectivity index (χ1n) is 9.02. The minimum Gasteiger partial charge on any atom is -0.385 e. The highest BCUT2D eigenvalue weighted by atomic mass is 35.5. The minimum atomic E-state index is -0.212. The first kappa shape index (κ1) is 19.4. The van der Waals surface area contributed by atoms with Gasteiger partial charge in [-0.25, -0.2) is 9.97 Å². The number of rotatable bonds is 7. The number of anilines is 2. The summed E-state index contributed by atoms with van der Waals surface area (Å²) in [4.78, 5) is 25.2.